The third-order valence-electron chi connectivity index (χ3n) is 3.09. The molecule has 0 radical (unpaired) electrons. The van der Waals surface area contributed by atoms with E-state index in [2.05, 4.69) is 4.98 Å². The number of likely N-dealkylation sites (tertiary alicyclic amines) is 1. The molecular formula is C11H15N3O2S. The van der Waals surface area contributed by atoms with Crippen LogP contribution in [0.25, 0.3) is 0 Å². The number of carbonyl (C=O) groups excluding carboxylic acids is 2. The molecular weight excluding hydrogens is 238 g/mol. The molecule has 2 rings (SSSR count). The molecule has 1 fully saturated rings. The first-order valence-corrected chi connectivity index (χ1v) is 6.38. The number of hydrogen-bond donors (Lipinski definition) is 1. The summed E-state index contributed by atoms with van der Waals surface area (Å²) >= 11 is 1.56. The van der Waals surface area contributed by atoms with Gasteiger partial charge >= 0.3 is 0 Å². The van der Waals surface area contributed by atoms with Gasteiger partial charge in [0.05, 0.1) is 22.7 Å². The summed E-state index contributed by atoms with van der Waals surface area (Å²) in [6, 6.07) is -0.0863. The molecule has 1 aliphatic rings. The molecule has 1 aromatic heterocycles. The predicted molar refractivity (Wildman–Crippen MR) is 64.3 cm³/mol. The average Bonchev–Trinajstić information content (AvgIpc) is 2.84. The standard InChI is InChI=1S/C11H15N3O2S/c1-6(9-5-17-7(2)13-9)14-4-8(11(12)16)3-10(14)15/h5-6,8H,3-4H2,1-2H3,(H2,12,16). The van der Waals surface area contributed by atoms with E-state index in [1.54, 1.807) is 16.2 Å². The van der Waals surface area contributed by atoms with E-state index in [4.69, 9.17) is 5.73 Å². The number of rotatable bonds is 3. The van der Waals surface area contributed by atoms with E-state index in [9.17, 15) is 9.59 Å². The fourth-order valence-corrected chi connectivity index (χ4v) is 2.73. The van der Waals surface area contributed by atoms with Gasteiger partial charge in [0.25, 0.3) is 0 Å². The van der Waals surface area contributed by atoms with Gasteiger partial charge in [0.2, 0.25) is 11.8 Å². The molecule has 2 atom stereocenters. The lowest BCUT2D eigenvalue weighted by Crippen LogP contribution is -2.31. The molecule has 2 unspecified atom stereocenters. The summed E-state index contributed by atoms with van der Waals surface area (Å²) < 4.78 is 0. The zero-order valence-electron chi connectivity index (χ0n) is 9.84. The molecule has 2 heterocycles. The van der Waals surface area contributed by atoms with Crippen LogP contribution in [-0.4, -0.2) is 28.2 Å². The summed E-state index contributed by atoms with van der Waals surface area (Å²) in [6.07, 6.45) is 0.225. The van der Waals surface area contributed by atoms with Gasteiger partial charge in [-0.05, 0) is 13.8 Å². The number of amides is 2. The molecule has 1 saturated heterocycles. The highest BCUT2D eigenvalue weighted by Crippen LogP contribution is 2.28. The SMILES string of the molecule is Cc1nc(C(C)N2CC(C(N)=O)CC2=O)cs1. The quantitative estimate of drug-likeness (QED) is 0.867. The van der Waals surface area contributed by atoms with Crippen molar-refractivity contribution in [3.63, 3.8) is 0 Å². The van der Waals surface area contributed by atoms with Crippen LogP contribution in [0.4, 0.5) is 0 Å². The Morgan fingerprint density at radius 2 is 2.41 bits per heavy atom. The number of aryl methyl sites for hydroxylation is 1. The molecule has 92 valence electrons. The van der Waals surface area contributed by atoms with E-state index in [0.29, 0.717) is 6.54 Å². The zero-order chi connectivity index (χ0) is 12.6. The molecule has 1 aromatic rings. The lowest BCUT2D eigenvalue weighted by molar-refractivity contribution is -0.130. The molecule has 0 bridgehead atoms. The Kier molecular flexibility index (Phi) is 3.15. The molecule has 17 heavy (non-hydrogen) atoms. The zero-order valence-corrected chi connectivity index (χ0v) is 10.7. The minimum absolute atomic E-state index is 0.0213. The third-order valence-corrected chi connectivity index (χ3v) is 3.88. The number of thiazole rings is 1. The third kappa shape index (κ3) is 2.31. The number of nitrogens with zero attached hydrogens (tertiary/aromatic N) is 2. The normalized spacial score (nSPS) is 21.9. The van der Waals surface area contributed by atoms with Gasteiger partial charge in [-0.2, -0.15) is 0 Å². The summed E-state index contributed by atoms with van der Waals surface area (Å²) in [4.78, 5) is 28.9. The minimum atomic E-state index is -0.400. The number of hydrogen-bond acceptors (Lipinski definition) is 4. The van der Waals surface area contributed by atoms with Gasteiger partial charge in [-0.1, -0.05) is 0 Å². The highest BCUT2D eigenvalue weighted by molar-refractivity contribution is 7.09. The maximum absolute atomic E-state index is 11.8. The van der Waals surface area contributed by atoms with Crippen LogP contribution in [-0.2, 0) is 9.59 Å². The number of nitrogens with two attached hydrogens (primary N) is 1. The van der Waals surface area contributed by atoms with Crippen molar-refractivity contribution in [3.8, 4) is 0 Å². The van der Waals surface area contributed by atoms with Crippen LogP contribution in [0.1, 0.15) is 30.1 Å². The molecule has 2 amide bonds. The van der Waals surface area contributed by atoms with E-state index in [1.165, 1.54) is 0 Å². The van der Waals surface area contributed by atoms with Crippen molar-refractivity contribution in [1.82, 2.24) is 9.88 Å². The van der Waals surface area contributed by atoms with E-state index in [0.717, 1.165) is 10.7 Å². The van der Waals surface area contributed by atoms with E-state index in [-0.39, 0.29) is 24.3 Å². The maximum atomic E-state index is 11.8. The van der Waals surface area contributed by atoms with Gasteiger partial charge in [0, 0.05) is 18.3 Å². The van der Waals surface area contributed by atoms with Crippen LogP contribution in [0.5, 0.6) is 0 Å². The van der Waals surface area contributed by atoms with E-state index in [1.807, 2.05) is 19.2 Å². The van der Waals surface area contributed by atoms with Crippen LogP contribution >= 0.6 is 11.3 Å². The Hall–Kier alpha value is -1.43. The Labute approximate surface area is 104 Å². The summed E-state index contributed by atoms with van der Waals surface area (Å²) in [5.74, 6) is -0.779. The largest absolute Gasteiger partial charge is 0.369 e. The van der Waals surface area contributed by atoms with Crippen LogP contribution in [0, 0.1) is 12.8 Å². The van der Waals surface area contributed by atoms with Gasteiger partial charge in [-0.3, -0.25) is 9.59 Å². The van der Waals surface area contributed by atoms with E-state index < -0.39 is 5.91 Å². The van der Waals surface area contributed by atoms with Gasteiger partial charge < -0.3 is 10.6 Å². The summed E-state index contributed by atoms with van der Waals surface area (Å²) in [6.45, 7) is 4.26. The molecule has 0 aromatic carbocycles. The highest BCUT2D eigenvalue weighted by Gasteiger charge is 2.36. The van der Waals surface area contributed by atoms with Crippen LogP contribution in [0.15, 0.2) is 5.38 Å². The van der Waals surface area contributed by atoms with Crippen LogP contribution in [0.2, 0.25) is 0 Å². The lowest BCUT2D eigenvalue weighted by atomic mass is 10.1. The number of aromatic nitrogens is 1. The first-order valence-electron chi connectivity index (χ1n) is 5.50. The molecule has 0 saturated carbocycles. The van der Waals surface area contributed by atoms with Crippen molar-refractivity contribution in [2.24, 2.45) is 11.7 Å². The fourth-order valence-electron chi connectivity index (χ4n) is 2.03. The van der Waals surface area contributed by atoms with Crippen molar-refractivity contribution >= 4 is 23.2 Å². The average molecular weight is 253 g/mol. The second-order valence-electron chi connectivity index (χ2n) is 4.32. The lowest BCUT2D eigenvalue weighted by Gasteiger charge is -2.23. The highest BCUT2D eigenvalue weighted by atomic mass is 32.1. The molecule has 6 heteroatoms. The molecule has 0 spiro atoms. The van der Waals surface area contributed by atoms with Crippen molar-refractivity contribution in [1.29, 1.82) is 0 Å². The monoisotopic (exact) mass is 253 g/mol. The Balaban J connectivity index is 2.13. The van der Waals surface area contributed by atoms with E-state index >= 15 is 0 Å². The summed E-state index contributed by atoms with van der Waals surface area (Å²) in [5.41, 5.74) is 6.11. The molecule has 2 N–H and O–H groups in total. The molecule has 0 aliphatic carbocycles. The topological polar surface area (TPSA) is 76.3 Å². The van der Waals surface area contributed by atoms with Crippen LogP contribution < -0.4 is 5.73 Å². The maximum Gasteiger partial charge on any atom is 0.224 e. The van der Waals surface area contributed by atoms with Crippen molar-refractivity contribution < 1.29 is 9.59 Å². The smallest absolute Gasteiger partial charge is 0.224 e. The van der Waals surface area contributed by atoms with Crippen LogP contribution in [0.3, 0.4) is 0 Å². The van der Waals surface area contributed by atoms with Gasteiger partial charge in [0.1, 0.15) is 0 Å². The van der Waals surface area contributed by atoms with Gasteiger partial charge in [-0.25, -0.2) is 4.98 Å². The van der Waals surface area contributed by atoms with Crippen molar-refractivity contribution in [3.05, 3.63) is 16.1 Å². The first kappa shape index (κ1) is 12.0. The number of primary amides is 1. The van der Waals surface area contributed by atoms with Gasteiger partial charge in [-0.15, -0.1) is 11.3 Å². The second-order valence-corrected chi connectivity index (χ2v) is 5.38. The fraction of sp³-hybridized carbons (Fsp3) is 0.545. The molecule has 5 nitrogen and oxygen atoms in total. The van der Waals surface area contributed by atoms with Gasteiger partial charge in [0.15, 0.2) is 0 Å². The Morgan fingerprint density at radius 3 is 2.88 bits per heavy atom. The Bertz CT molecular complexity index is 457. The van der Waals surface area contributed by atoms with Crippen molar-refractivity contribution in [2.45, 2.75) is 26.3 Å². The minimum Gasteiger partial charge on any atom is -0.369 e. The number of carbonyl (C=O) groups is 2. The first-order chi connectivity index (χ1) is 7.99. The Morgan fingerprint density at radius 1 is 1.71 bits per heavy atom. The second kappa shape index (κ2) is 4.44. The summed E-state index contributed by atoms with van der Waals surface area (Å²) in [7, 11) is 0. The predicted octanol–water partition coefficient (Wildman–Crippen LogP) is 0.846. The van der Waals surface area contributed by atoms with Crippen molar-refractivity contribution in [2.75, 3.05) is 6.54 Å². The summed E-state index contributed by atoms with van der Waals surface area (Å²) in [5, 5.41) is 2.93. The molecule has 1 aliphatic heterocycles.